The fourth-order valence-corrected chi connectivity index (χ4v) is 4.12. The minimum atomic E-state index is -3.83. The van der Waals surface area contributed by atoms with Crippen LogP contribution in [0.2, 0.25) is 10.0 Å². The summed E-state index contributed by atoms with van der Waals surface area (Å²) in [5.41, 5.74) is 0.547. The molecule has 0 unspecified atom stereocenters. The van der Waals surface area contributed by atoms with Crippen LogP contribution in [0.5, 0.6) is 0 Å². The summed E-state index contributed by atoms with van der Waals surface area (Å²) in [5, 5.41) is 9.89. The van der Waals surface area contributed by atoms with E-state index in [-0.39, 0.29) is 26.5 Å². The summed E-state index contributed by atoms with van der Waals surface area (Å²) in [6.07, 6.45) is 0. The maximum Gasteiger partial charge on any atom is 0.271 e. The molecule has 0 bridgehead atoms. The average molecular weight is 356 g/mol. The molecule has 1 aromatic heterocycles. The largest absolute Gasteiger partial charge is 0.392 e. The van der Waals surface area contributed by atoms with Gasteiger partial charge in [-0.15, -0.1) is 11.3 Å². The van der Waals surface area contributed by atoms with Crippen molar-refractivity contribution in [1.29, 1.82) is 0 Å². The molecule has 0 atom stereocenters. The summed E-state index contributed by atoms with van der Waals surface area (Å²) in [6, 6.07) is 3.60. The van der Waals surface area contributed by atoms with Gasteiger partial charge in [0.25, 0.3) is 10.0 Å². The number of anilines is 1. The summed E-state index contributed by atoms with van der Waals surface area (Å²) in [5.74, 6) is -0.810. The first-order chi connectivity index (χ1) is 9.33. The Kier molecular flexibility index (Phi) is 4.55. The first kappa shape index (κ1) is 15.5. The lowest BCUT2D eigenvalue weighted by Crippen LogP contribution is -2.11. The normalized spacial score (nSPS) is 11.6. The van der Waals surface area contributed by atoms with E-state index < -0.39 is 15.8 Å². The number of rotatable bonds is 4. The average Bonchev–Trinajstić information content (AvgIpc) is 2.85. The Bertz CT molecular complexity index is 723. The predicted octanol–water partition coefficient (Wildman–Crippen LogP) is 3.49. The molecule has 1 aromatic carbocycles. The van der Waals surface area contributed by atoms with Gasteiger partial charge in [-0.05, 0) is 29.1 Å². The topological polar surface area (TPSA) is 66.4 Å². The molecule has 0 amide bonds. The van der Waals surface area contributed by atoms with E-state index in [1.165, 1.54) is 11.4 Å². The first-order valence-electron chi connectivity index (χ1n) is 5.19. The van der Waals surface area contributed by atoms with Gasteiger partial charge in [-0.3, -0.25) is 4.72 Å². The lowest BCUT2D eigenvalue weighted by molar-refractivity contribution is 0.282. The van der Waals surface area contributed by atoms with E-state index in [9.17, 15) is 12.8 Å². The first-order valence-corrected chi connectivity index (χ1v) is 8.31. The van der Waals surface area contributed by atoms with E-state index in [0.29, 0.717) is 5.56 Å². The van der Waals surface area contributed by atoms with Gasteiger partial charge in [-0.1, -0.05) is 23.2 Å². The van der Waals surface area contributed by atoms with Gasteiger partial charge in [0.1, 0.15) is 4.21 Å². The molecule has 2 rings (SSSR count). The van der Waals surface area contributed by atoms with Gasteiger partial charge >= 0.3 is 0 Å². The van der Waals surface area contributed by atoms with Crippen LogP contribution in [0.3, 0.4) is 0 Å². The van der Waals surface area contributed by atoms with Crippen LogP contribution in [0.15, 0.2) is 27.8 Å². The molecule has 4 nitrogen and oxygen atoms in total. The van der Waals surface area contributed by atoms with Crippen LogP contribution in [-0.4, -0.2) is 13.5 Å². The third-order valence-corrected chi connectivity index (χ3v) is 5.73. The molecule has 0 fully saturated rings. The van der Waals surface area contributed by atoms with E-state index >= 15 is 0 Å². The van der Waals surface area contributed by atoms with Crippen molar-refractivity contribution in [1.82, 2.24) is 0 Å². The highest BCUT2D eigenvalue weighted by atomic mass is 35.5. The van der Waals surface area contributed by atoms with E-state index in [4.69, 9.17) is 28.3 Å². The van der Waals surface area contributed by atoms with Crippen LogP contribution in [0.1, 0.15) is 5.56 Å². The van der Waals surface area contributed by atoms with Crippen LogP contribution < -0.4 is 4.72 Å². The van der Waals surface area contributed by atoms with Crippen LogP contribution in [0.25, 0.3) is 0 Å². The molecular formula is C11H8Cl2FNO3S2. The highest BCUT2D eigenvalue weighted by Crippen LogP contribution is 2.29. The van der Waals surface area contributed by atoms with E-state index in [2.05, 4.69) is 4.72 Å². The Hall–Kier alpha value is -0.860. The lowest BCUT2D eigenvalue weighted by atomic mass is 10.3. The Morgan fingerprint density at radius 2 is 1.85 bits per heavy atom. The molecule has 0 radical (unpaired) electrons. The second-order valence-corrected chi connectivity index (χ2v) is 7.43. The van der Waals surface area contributed by atoms with Gasteiger partial charge in [-0.2, -0.15) is 0 Å². The number of nitrogens with one attached hydrogen (secondary N) is 1. The zero-order chi connectivity index (χ0) is 14.9. The molecular weight excluding hydrogens is 348 g/mol. The number of thiophene rings is 1. The second-order valence-electron chi connectivity index (χ2n) is 3.79. The van der Waals surface area contributed by atoms with Crippen LogP contribution >= 0.6 is 34.5 Å². The number of halogens is 3. The zero-order valence-electron chi connectivity index (χ0n) is 9.73. The quantitative estimate of drug-likeness (QED) is 0.825. The molecule has 0 saturated heterocycles. The highest BCUT2D eigenvalue weighted by Gasteiger charge is 2.18. The molecule has 0 aliphatic carbocycles. The Morgan fingerprint density at radius 3 is 2.35 bits per heavy atom. The van der Waals surface area contributed by atoms with Crippen molar-refractivity contribution in [3.63, 3.8) is 0 Å². The number of hydrogen-bond donors (Lipinski definition) is 2. The molecule has 2 aromatic rings. The van der Waals surface area contributed by atoms with Gasteiger partial charge in [0.05, 0.1) is 22.3 Å². The second kappa shape index (κ2) is 5.87. The van der Waals surface area contributed by atoms with Gasteiger partial charge in [0, 0.05) is 0 Å². The third kappa shape index (κ3) is 3.24. The van der Waals surface area contributed by atoms with Gasteiger partial charge in [-0.25, -0.2) is 12.8 Å². The fraction of sp³-hybridized carbons (Fsp3) is 0.0909. The Balaban J connectivity index is 2.33. The molecule has 0 aliphatic rings. The van der Waals surface area contributed by atoms with Crippen molar-refractivity contribution >= 4 is 50.2 Å². The maximum atomic E-state index is 13.2. The fourth-order valence-electron chi connectivity index (χ4n) is 1.40. The van der Waals surface area contributed by atoms with Crippen LogP contribution in [0.4, 0.5) is 10.1 Å². The maximum absolute atomic E-state index is 13.2. The standard InChI is InChI=1S/C11H8Cl2FNO3S2/c12-8-2-7(3-9(13)11(8)14)15-20(17,18)10-1-6(4-16)5-19-10/h1-3,5,15-16H,4H2. The zero-order valence-corrected chi connectivity index (χ0v) is 12.9. The van der Waals surface area contributed by atoms with E-state index in [1.807, 2.05) is 0 Å². The molecule has 0 spiro atoms. The summed E-state index contributed by atoms with van der Waals surface area (Å²) < 4.78 is 39.7. The molecule has 1 heterocycles. The molecule has 0 aliphatic heterocycles. The lowest BCUT2D eigenvalue weighted by Gasteiger charge is -2.08. The van der Waals surface area contributed by atoms with Crippen molar-refractivity contribution in [2.75, 3.05) is 4.72 Å². The van der Waals surface area contributed by atoms with E-state index in [1.54, 1.807) is 0 Å². The summed E-state index contributed by atoms with van der Waals surface area (Å²) >= 11 is 12.2. The number of aliphatic hydroxyl groups excluding tert-OH is 1. The Labute approximate surface area is 128 Å². The van der Waals surface area contributed by atoms with Crippen molar-refractivity contribution in [3.05, 3.63) is 45.0 Å². The SMILES string of the molecule is O=S(=O)(Nc1cc(Cl)c(F)c(Cl)c1)c1cc(CO)cs1. The number of sulfonamides is 1. The molecule has 2 N–H and O–H groups in total. The van der Waals surface area contributed by atoms with Crippen molar-refractivity contribution < 1.29 is 17.9 Å². The number of hydrogen-bond acceptors (Lipinski definition) is 4. The van der Waals surface area contributed by atoms with Crippen LogP contribution in [-0.2, 0) is 16.6 Å². The van der Waals surface area contributed by atoms with Gasteiger partial charge < -0.3 is 5.11 Å². The monoisotopic (exact) mass is 355 g/mol. The number of aliphatic hydroxyl groups is 1. The smallest absolute Gasteiger partial charge is 0.271 e. The molecule has 0 saturated carbocycles. The molecule has 108 valence electrons. The predicted molar refractivity (Wildman–Crippen MR) is 77.5 cm³/mol. The number of benzene rings is 1. The van der Waals surface area contributed by atoms with Crippen molar-refractivity contribution in [2.45, 2.75) is 10.8 Å². The Morgan fingerprint density at radius 1 is 1.25 bits per heavy atom. The van der Waals surface area contributed by atoms with E-state index in [0.717, 1.165) is 23.5 Å². The minimum Gasteiger partial charge on any atom is -0.392 e. The third-order valence-electron chi connectivity index (χ3n) is 2.31. The van der Waals surface area contributed by atoms with Crippen molar-refractivity contribution in [3.8, 4) is 0 Å². The van der Waals surface area contributed by atoms with Crippen LogP contribution in [0, 0.1) is 5.82 Å². The minimum absolute atomic E-state index is 0.0260. The van der Waals surface area contributed by atoms with Gasteiger partial charge in [0.2, 0.25) is 0 Å². The summed E-state index contributed by atoms with van der Waals surface area (Å²) in [4.78, 5) is 0. The molecule has 9 heteroatoms. The summed E-state index contributed by atoms with van der Waals surface area (Å²) in [7, 11) is -3.83. The van der Waals surface area contributed by atoms with Gasteiger partial charge in [0.15, 0.2) is 5.82 Å². The highest BCUT2D eigenvalue weighted by molar-refractivity contribution is 7.94. The molecule has 20 heavy (non-hydrogen) atoms. The van der Waals surface area contributed by atoms with Crippen molar-refractivity contribution in [2.24, 2.45) is 0 Å². The summed E-state index contributed by atoms with van der Waals surface area (Å²) in [6.45, 7) is -0.250.